The SMILES string of the molecule is O=CNCCCCCCCC(=O)NCCOCCOCCOCCC(=O)ON1C(=O)CCC1=O. The van der Waals surface area contributed by atoms with Gasteiger partial charge in [-0.2, -0.15) is 0 Å². The molecule has 1 aliphatic heterocycles. The molecule has 0 spiro atoms. The van der Waals surface area contributed by atoms with Crippen LogP contribution < -0.4 is 10.6 Å². The molecule has 0 saturated carbocycles. The van der Waals surface area contributed by atoms with E-state index in [0.29, 0.717) is 57.4 Å². The van der Waals surface area contributed by atoms with Crippen LogP contribution in [0, 0.1) is 0 Å². The summed E-state index contributed by atoms with van der Waals surface area (Å²) in [7, 11) is 0. The number of hydrogen-bond donors (Lipinski definition) is 2. The average molecular weight is 488 g/mol. The van der Waals surface area contributed by atoms with Crippen LogP contribution in [0.15, 0.2) is 0 Å². The topological polar surface area (TPSA) is 150 Å². The molecule has 1 heterocycles. The fourth-order valence-electron chi connectivity index (χ4n) is 2.96. The second-order valence-electron chi connectivity index (χ2n) is 7.57. The molecule has 0 aromatic rings. The lowest BCUT2D eigenvalue weighted by Crippen LogP contribution is -2.32. The van der Waals surface area contributed by atoms with Gasteiger partial charge in [0.05, 0.1) is 46.1 Å². The van der Waals surface area contributed by atoms with Gasteiger partial charge in [0.25, 0.3) is 11.8 Å². The van der Waals surface area contributed by atoms with Gasteiger partial charge >= 0.3 is 5.97 Å². The minimum atomic E-state index is -0.704. The summed E-state index contributed by atoms with van der Waals surface area (Å²) >= 11 is 0. The number of ether oxygens (including phenoxy) is 3. The Morgan fingerprint density at radius 3 is 2.03 bits per heavy atom. The molecule has 4 amide bonds. The normalized spacial score (nSPS) is 13.2. The van der Waals surface area contributed by atoms with Crippen LogP contribution in [0.5, 0.6) is 0 Å². The van der Waals surface area contributed by atoms with Crippen molar-refractivity contribution in [3.05, 3.63) is 0 Å². The third-order valence-corrected chi connectivity index (χ3v) is 4.77. The molecule has 0 aliphatic carbocycles. The number of nitrogens with one attached hydrogen (secondary N) is 2. The van der Waals surface area contributed by atoms with Gasteiger partial charge < -0.3 is 29.7 Å². The summed E-state index contributed by atoms with van der Waals surface area (Å²) in [5.74, 6) is -1.71. The minimum Gasteiger partial charge on any atom is -0.378 e. The molecule has 12 heteroatoms. The Hall–Kier alpha value is -2.57. The summed E-state index contributed by atoms with van der Waals surface area (Å²) in [4.78, 5) is 60.8. The first kappa shape index (κ1) is 29.5. The molecule has 12 nitrogen and oxygen atoms in total. The molecule has 1 aliphatic rings. The number of unbranched alkanes of at least 4 members (excludes halogenated alkanes) is 4. The van der Waals surface area contributed by atoms with Crippen LogP contribution in [0.2, 0.25) is 0 Å². The molecule has 0 atom stereocenters. The van der Waals surface area contributed by atoms with Crippen LogP contribution >= 0.6 is 0 Å². The Labute approximate surface area is 199 Å². The van der Waals surface area contributed by atoms with Crippen LogP contribution in [0.4, 0.5) is 0 Å². The van der Waals surface area contributed by atoms with Crippen molar-refractivity contribution in [3.8, 4) is 0 Å². The van der Waals surface area contributed by atoms with Gasteiger partial charge in [-0.25, -0.2) is 4.79 Å². The third kappa shape index (κ3) is 15.3. The predicted octanol–water partition coefficient (Wildman–Crippen LogP) is 0.236. The monoisotopic (exact) mass is 487 g/mol. The van der Waals surface area contributed by atoms with Gasteiger partial charge in [0.1, 0.15) is 0 Å². The van der Waals surface area contributed by atoms with Crippen molar-refractivity contribution < 1.29 is 43.0 Å². The molecule has 194 valence electrons. The first-order valence-corrected chi connectivity index (χ1v) is 11.8. The molecule has 1 fully saturated rings. The number of imide groups is 1. The van der Waals surface area contributed by atoms with Gasteiger partial charge in [0.2, 0.25) is 12.3 Å². The van der Waals surface area contributed by atoms with Crippen LogP contribution in [0.25, 0.3) is 0 Å². The lowest BCUT2D eigenvalue weighted by molar-refractivity contribution is -0.198. The Morgan fingerprint density at radius 2 is 1.35 bits per heavy atom. The van der Waals surface area contributed by atoms with Crippen molar-refractivity contribution in [1.29, 1.82) is 0 Å². The van der Waals surface area contributed by atoms with E-state index in [-0.39, 0.29) is 38.4 Å². The van der Waals surface area contributed by atoms with Gasteiger partial charge in [0, 0.05) is 32.4 Å². The molecular formula is C22H37N3O9. The van der Waals surface area contributed by atoms with Crippen LogP contribution in [0.1, 0.15) is 57.8 Å². The molecule has 2 N–H and O–H groups in total. The highest BCUT2D eigenvalue weighted by Crippen LogP contribution is 2.12. The second kappa shape index (κ2) is 19.9. The maximum atomic E-state index is 11.7. The van der Waals surface area contributed by atoms with Crippen LogP contribution in [0.3, 0.4) is 0 Å². The highest BCUT2D eigenvalue weighted by molar-refractivity contribution is 6.01. The first-order chi connectivity index (χ1) is 16.5. The van der Waals surface area contributed by atoms with Crippen molar-refractivity contribution in [2.24, 2.45) is 0 Å². The van der Waals surface area contributed by atoms with E-state index < -0.39 is 17.8 Å². The lowest BCUT2D eigenvalue weighted by Gasteiger charge is -2.12. The van der Waals surface area contributed by atoms with Crippen molar-refractivity contribution in [3.63, 3.8) is 0 Å². The standard InChI is InChI=1S/C22H37N3O9/c26-18-23-10-5-3-1-2-4-6-19(27)24-11-13-32-15-17-33-16-14-31-12-9-22(30)34-25-20(28)7-8-21(25)29/h18H,1-17H2,(H,23,26)(H,24,27). The molecule has 1 saturated heterocycles. The van der Waals surface area contributed by atoms with Crippen LogP contribution in [-0.4, -0.2) is 87.9 Å². The summed E-state index contributed by atoms with van der Waals surface area (Å²) in [5.41, 5.74) is 0. The fraction of sp³-hybridized carbons (Fsp3) is 0.773. The van der Waals surface area contributed by atoms with Crippen molar-refractivity contribution in [1.82, 2.24) is 15.7 Å². The van der Waals surface area contributed by atoms with E-state index in [1.807, 2.05) is 0 Å². The minimum absolute atomic E-state index is 0.0159. The van der Waals surface area contributed by atoms with E-state index in [9.17, 15) is 24.0 Å². The largest absolute Gasteiger partial charge is 0.378 e. The number of amides is 4. The Balaban J connectivity index is 1.79. The van der Waals surface area contributed by atoms with E-state index >= 15 is 0 Å². The molecule has 0 aromatic carbocycles. The maximum absolute atomic E-state index is 11.7. The van der Waals surface area contributed by atoms with Gasteiger partial charge in [-0.3, -0.25) is 19.2 Å². The quantitative estimate of drug-likeness (QED) is 0.124. The highest BCUT2D eigenvalue weighted by atomic mass is 16.7. The number of carbonyl (C=O) groups excluding carboxylic acids is 5. The van der Waals surface area contributed by atoms with E-state index in [1.54, 1.807) is 0 Å². The number of carbonyl (C=O) groups is 5. The van der Waals surface area contributed by atoms with Gasteiger partial charge in [-0.1, -0.05) is 19.3 Å². The van der Waals surface area contributed by atoms with Crippen LogP contribution in [-0.2, 0) is 43.0 Å². The Bertz CT molecular complexity index is 615. The zero-order chi connectivity index (χ0) is 24.9. The van der Waals surface area contributed by atoms with Crippen molar-refractivity contribution >= 4 is 30.1 Å². The van der Waals surface area contributed by atoms with Gasteiger partial charge in [-0.15, -0.1) is 5.06 Å². The molecule has 0 radical (unpaired) electrons. The molecule has 0 bridgehead atoms. The number of hydroxylamine groups is 2. The number of hydrogen-bond acceptors (Lipinski definition) is 9. The molecular weight excluding hydrogens is 450 g/mol. The van der Waals surface area contributed by atoms with E-state index in [2.05, 4.69) is 10.6 Å². The van der Waals surface area contributed by atoms with Crippen molar-refractivity contribution in [2.45, 2.75) is 57.8 Å². The molecule has 34 heavy (non-hydrogen) atoms. The summed E-state index contributed by atoms with van der Waals surface area (Å²) in [6.45, 7) is 3.01. The summed E-state index contributed by atoms with van der Waals surface area (Å²) in [5, 5.41) is 5.95. The van der Waals surface area contributed by atoms with E-state index in [1.165, 1.54) is 0 Å². The van der Waals surface area contributed by atoms with E-state index in [0.717, 1.165) is 32.1 Å². The van der Waals surface area contributed by atoms with E-state index in [4.69, 9.17) is 19.0 Å². The first-order valence-electron chi connectivity index (χ1n) is 11.8. The molecule has 0 unspecified atom stereocenters. The zero-order valence-corrected chi connectivity index (χ0v) is 19.7. The molecule has 1 rings (SSSR count). The zero-order valence-electron chi connectivity index (χ0n) is 19.7. The highest BCUT2D eigenvalue weighted by Gasteiger charge is 2.32. The smallest absolute Gasteiger partial charge is 0.335 e. The lowest BCUT2D eigenvalue weighted by atomic mass is 10.1. The summed E-state index contributed by atoms with van der Waals surface area (Å²) in [6, 6.07) is 0. The average Bonchev–Trinajstić information content (AvgIpc) is 3.13. The van der Waals surface area contributed by atoms with Crippen molar-refractivity contribution in [2.75, 3.05) is 52.7 Å². The summed E-state index contributed by atoms with van der Waals surface area (Å²) < 4.78 is 16.0. The molecule has 0 aromatic heterocycles. The fourth-order valence-corrected chi connectivity index (χ4v) is 2.96. The number of nitrogens with zero attached hydrogens (tertiary/aromatic N) is 1. The third-order valence-electron chi connectivity index (χ3n) is 4.77. The maximum Gasteiger partial charge on any atom is 0.335 e. The summed E-state index contributed by atoms with van der Waals surface area (Å²) in [6.07, 6.45) is 6.15. The Kier molecular flexibility index (Phi) is 17.2. The number of rotatable bonds is 22. The van der Waals surface area contributed by atoms with Gasteiger partial charge in [-0.05, 0) is 12.8 Å². The Morgan fingerprint density at radius 1 is 0.765 bits per heavy atom. The second-order valence-corrected chi connectivity index (χ2v) is 7.57. The van der Waals surface area contributed by atoms with Gasteiger partial charge in [0.15, 0.2) is 0 Å². The predicted molar refractivity (Wildman–Crippen MR) is 119 cm³/mol.